The highest BCUT2D eigenvalue weighted by molar-refractivity contribution is 6.02. The van der Waals surface area contributed by atoms with E-state index >= 15 is 0 Å². The van der Waals surface area contributed by atoms with Crippen LogP contribution in [0.5, 0.6) is 0 Å². The molecule has 0 spiro atoms. The largest absolute Gasteiger partial charge is 0.382 e. The molecule has 0 unspecified atom stereocenters. The van der Waals surface area contributed by atoms with Gasteiger partial charge < -0.3 is 11.1 Å². The molecule has 1 aromatic carbocycles. The number of benzene rings is 1. The van der Waals surface area contributed by atoms with Gasteiger partial charge in [0.05, 0.1) is 5.69 Å². The predicted octanol–water partition coefficient (Wildman–Crippen LogP) is 1.76. The van der Waals surface area contributed by atoms with Crippen molar-refractivity contribution in [3.05, 3.63) is 47.4 Å². The molecule has 92 valence electrons. The van der Waals surface area contributed by atoms with Crippen LogP contribution in [-0.2, 0) is 0 Å². The van der Waals surface area contributed by atoms with Crippen molar-refractivity contribution in [1.29, 1.82) is 0 Å². The van der Waals surface area contributed by atoms with Crippen molar-refractivity contribution in [1.82, 2.24) is 10.2 Å². The lowest BCUT2D eigenvalue weighted by Gasteiger charge is -2.06. The van der Waals surface area contributed by atoms with Gasteiger partial charge in [-0.05, 0) is 36.8 Å². The van der Waals surface area contributed by atoms with E-state index in [1.165, 1.54) is 24.3 Å². The molecule has 3 N–H and O–H groups in total. The van der Waals surface area contributed by atoms with E-state index in [2.05, 4.69) is 15.5 Å². The zero-order valence-corrected chi connectivity index (χ0v) is 9.64. The first-order valence-corrected chi connectivity index (χ1v) is 5.23. The summed E-state index contributed by atoms with van der Waals surface area (Å²) >= 11 is 0. The number of aryl methyl sites for hydroxylation is 1. The van der Waals surface area contributed by atoms with Crippen molar-refractivity contribution in [3.8, 4) is 0 Å². The summed E-state index contributed by atoms with van der Waals surface area (Å²) in [6, 6.07) is 7.32. The minimum absolute atomic E-state index is 0.0742. The molecule has 0 aliphatic heterocycles. The number of carbonyl (C=O) groups excluding carboxylic acids is 1. The summed E-state index contributed by atoms with van der Waals surface area (Å²) in [4.78, 5) is 11.8. The van der Waals surface area contributed by atoms with Gasteiger partial charge in [0.15, 0.2) is 5.69 Å². The molecule has 0 radical (unpaired) electrons. The molecule has 0 fully saturated rings. The first-order chi connectivity index (χ1) is 8.56. The van der Waals surface area contributed by atoms with Crippen LogP contribution in [-0.4, -0.2) is 16.1 Å². The number of anilines is 2. The molecule has 18 heavy (non-hydrogen) atoms. The summed E-state index contributed by atoms with van der Waals surface area (Å²) in [6.07, 6.45) is 0. The average molecular weight is 246 g/mol. The summed E-state index contributed by atoms with van der Waals surface area (Å²) in [7, 11) is 0. The molecule has 1 aromatic heterocycles. The molecule has 0 aliphatic carbocycles. The highest BCUT2D eigenvalue weighted by Crippen LogP contribution is 2.16. The lowest BCUT2D eigenvalue weighted by Crippen LogP contribution is -2.15. The summed E-state index contributed by atoms with van der Waals surface area (Å²) in [5.41, 5.74) is 6.38. The molecule has 2 aromatic rings. The maximum absolute atomic E-state index is 13.4. The predicted molar refractivity (Wildman–Crippen MR) is 65.5 cm³/mol. The Balaban J connectivity index is 2.21. The van der Waals surface area contributed by atoms with E-state index in [-0.39, 0.29) is 17.2 Å². The molecule has 1 amide bonds. The molecule has 0 bridgehead atoms. The van der Waals surface area contributed by atoms with Crippen LogP contribution in [0.4, 0.5) is 15.9 Å². The molecule has 0 atom stereocenters. The number of aromatic nitrogens is 2. The molecular formula is C12H11FN4O. The van der Waals surface area contributed by atoms with E-state index in [0.717, 1.165) is 5.56 Å². The van der Waals surface area contributed by atoms with Crippen molar-refractivity contribution in [3.63, 3.8) is 0 Å². The molecule has 1 heterocycles. The van der Waals surface area contributed by atoms with Crippen molar-refractivity contribution in [2.75, 3.05) is 11.1 Å². The van der Waals surface area contributed by atoms with Gasteiger partial charge in [0.2, 0.25) is 0 Å². The van der Waals surface area contributed by atoms with Crippen LogP contribution >= 0.6 is 0 Å². The Hall–Kier alpha value is -2.50. The number of amides is 1. The van der Waals surface area contributed by atoms with Crippen molar-refractivity contribution >= 4 is 17.4 Å². The summed E-state index contributed by atoms with van der Waals surface area (Å²) < 4.78 is 13.4. The van der Waals surface area contributed by atoms with Crippen LogP contribution in [0.1, 0.15) is 16.1 Å². The van der Waals surface area contributed by atoms with Crippen LogP contribution in [0.25, 0.3) is 0 Å². The second kappa shape index (κ2) is 4.79. The van der Waals surface area contributed by atoms with Gasteiger partial charge in [0, 0.05) is 0 Å². The maximum atomic E-state index is 13.4. The molecule has 6 heteroatoms. The Morgan fingerprint density at radius 3 is 2.72 bits per heavy atom. The summed E-state index contributed by atoms with van der Waals surface area (Å²) in [5.74, 6) is -0.822. The smallest absolute Gasteiger partial charge is 0.276 e. The van der Waals surface area contributed by atoms with Gasteiger partial charge in [0.1, 0.15) is 11.6 Å². The third-order valence-corrected chi connectivity index (χ3v) is 2.29. The highest BCUT2D eigenvalue weighted by atomic mass is 19.1. The van der Waals surface area contributed by atoms with E-state index in [1.807, 2.05) is 0 Å². The Morgan fingerprint density at radius 2 is 2.06 bits per heavy atom. The number of rotatable bonds is 2. The van der Waals surface area contributed by atoms with E-state index in [1.54, 1.807) is 13.0 Å². The standard InChI is InChI=1S/C12H11FN4O/c1-7-2-3-8(13)10(6-7)15-12(18)9-4-5-11(14)17-16-9/h2-6H,1H3,(H2,14,17)(H,15,18). The van der Waals surface area contributed by atoms with Gasteiger partial charge in [-0.15, -0.1) is 10.2 Å². The van der Waals surface area contributed by atoms with Crippen LogP contribution in [0, 0.1) is 12.7 Å². The first-order valence-electron chi connectivity index (χ1n) is 5.23. The fourth-order valence-electron chi connectivity index (χ4n) is 1.38. The van der Waals surface area contributed by atoms with Gasteiger partial charge in [-0.3, -0.25) is 4.79 Å². The zero-order chi connectivity index (χ0) is 13.1. The number of carbonyl (C=O) groups is 1. The van der Waals surface area contributed by atoms with E-state index < -0.39 is 11.7 Å². The molecule has 5 nitrogen and oxygen atoms in total. The van der Waals surface area contributed by atoms with Crippen LogP contribution in [0.2, 0.25) is 0 Å². The van der Waals surface area contributed by atoms with Crippen molar-refractivity contribution < 1.29 is 9.18 Å². The zero-order valence-electron chi connectivity index (χ0n) is 9.64. The SMILES string of the molecule is Cc1ccc(F)c(NC(=O)c2ccc(N)nn2)c1. The number of nitrogens with zero attached hydrogens (tertiary/aromatic N) is 2. The second-order valence-electron chi connectivity index (χ2n) is 3.78. The minimum Gasteiger partial charge on any atom is -0.382 e. The van der Waals surface area contributed by atoms with E-state index in [0.29, 0.717) is 0 Å². The summed E-state index contributed by atoms with van der Waals surface area (Å²) in [6.45, 7) is 1.80. The van der Waals surface area contributed by atoms with Gasteiger partial charge in [-0.25, -0.2) is 4.39 Å². The van der Waals surface area contributed by atoms with Crippen molar-refractivity contribution in [2.24, 2.45) is 0 Å². The number of nitrogens with one attached hydrogen (secondary N) is 1. The topological polar surface area (TPSA) is 80.9 Å². The highest BCUT2D eigenvalue weighted by Gasteiger charge is 2.11. The first kappa shape index (κ1) is 12.0. The Kier molecular flexibility index (Phi) is 3.18. The lowest BCUT2D eigenvalue weighted by molar-refractivity contribution is 0.102. The van der Waals surface area contributed by atoms with Crippen LogP contribution in [0.3, 0.4) is 0 Å². The number of nitrogen functional groups attached to an aromatic ring is 1. The lowest BCUT2D eigenvalue weighted by atomic mass is 10.2. The van der Waals surface area contributed by atoms with E-state index in [4.69, 9.17) is 5.73 Å². The van der Waals surface area contributed by atoms with Gasteiger partial charge in [-0.1, -0.05) is 6.07 Å². The van der Waals surface area contributed by atoms with Gasteiger partial charge in [-0.2, -0.15) is 0 Å². The molecule has 0 aliphatic rings. The molecule has 0 saturated carbocycles. The van der Waals surface area contributed by atoms with Gasteiger partial charge in [0.25, 0.3) is 5.91 Å². The number of halogens is 1. The Bertz CT molecular complexity index is 583. The van der Waals surface area contributed by atoms with Crippen LogP contribution < -0.4 is 11.1 Å². The minimum atomic E-state index is -0.535. The van der Waals surface area contributed by atoms with Crippen molar-refractivity contribution in [2.45, 2.75) is 6.92 Å². The number of hydrogen-bond donors (Lipinski definition) is 2. The Labute approximate surface area is 103 Å². The summed E-state index contributed by atoms with van der Waals surface area (Å²) in [5, 5.41) is 9.60. The molecule has 2 rings (SSSR count). The Morgan fingerprint density at radius 1 is 1.28 bits per heavy atom. The fourth-order valence-corrected chi connectivity index (χ4v) is 1.38. The quantitative estimate of drug-likeness (QED) is 0.846. The molecule has 0 saturated heterocycles. The van der Waals surface area contributed by atoms with Gasteiger partial charge >= 0.3 is 0 Å². The van der Waals surface area contributed by atoms with E-state index in [9.17, 15) is 9.18 Å². The number of nitrogens with two attached hydrogens (primary N) is 1. The molecular weight excluding hydrogens is 235 g/mol. The fraction of sp³-hybridized carbons (Fsp3) is 0.0833. The third-order valence-electron chi connectivity index (χ3n) is 2.29. The number of hydrogen-bond acceptors (Lipinski definition) is 4. The monoisotopic (exact) mass is 246 g/mol. The normalized spacial score (nSPS) is 10.1. The maximum Gasteiger partial charge on any atom is 0.276 e. The average Bonchev–Trinajstić information content (AvgIpc) is 2.34. The third kappa shape index (κ3) is 2.60. The van der Waals surface area contributed by atoms with Crippen LogP contribution in [0.15, 0.2) is 30.3 Å². The second-order valence-corrected chi connectivity index (χ2v) is 3.78.